The molecule has 0 heterocycles. The second-order valence-electron chi connectivity index (χ2n) is 4.75. The van der Waals surface area contributed by atoms with Crippen LogP contribution in [0.15, 0.2) is 0 Å². The van der Waals surface area contributed by atoms with E-state index in [1.54, 1.807) is 0 Å². The van der Waals surface area contributed by atoms with Gasteiger partial charge in [0.15, 0.2) is 0 Å². The predicted molar refractivity (Wildman–Crippen MR) is 50.5 cm³/mol. The van der Waals surface area contributed by atoms with Crippen LogP contribution in [0.4, 0.5) is 0 Å². The zero-order chi connectivity index (χ0) is 8.72. The number of fused-ring (bicyclic) bond motifs is 2. The van der Waals surface area contributed by atoms with Crippen LogP contribution in [0.1, 0.15) is 26.2 Å². The molecule has 2 saturated carbocycles. The van der Waals surface area contributed by atoms with Gasteiger partial charge in [0.05, 0.1) is 0 Å². The van der Waals surface area contributed by atoms with Crippen LogP contribution in [0.5, 0.6) is 0 Å². The van der Waals surface area contributed by atoms with Crippen molar-refractivity contribution in [3.8, 4) is 0 Å². The summed E-state index contributed by atoms with van der Waals surface area (Å²) in [6.45, 7) is 3.05. The molecule has 5 atom stereocenters. The lowest BCUT2D eigenvalue weighted by Gasteiger charge is -2.29. The molecule has 2 aliphatic carbocycles. The molecule has 0 aromatic rings. The van der Waals surface area contributed by atoms with Crippen molar-refractivity contribution in [2.45, 2.75) is 32.2 Å². The quantitative estimate of drug-likeness (QED) is 0.645. The largest absolute Gasteiger partial charge is 0.330 e. The van der Waals surface area contributed by atoms with E-state index in [0.717, 1.165) is 30.2 Å². The smallest absolute Gasteiger partial charge is 0.00415 e. The molecule has 12 heavy (non-hydrogen) atoms. The maximum atomic E-state index is 5.94. The minimum Gasteiger partial charge on any atom is -0.330 e. The first-order valence-corrected chi connectivity index (χ1v) is 5.18. The third-order valence-corrected chi connectivity index (χ3v) is 4.04. The van der Waals surface area contributed by atoms with E-state index in [0.29, 0.717) is 6.04 Å². The molecular weight excluding hydrogens is 148 g/mol. The van der Waals surface area contributed by atoms with Gasteiger partial charge in [-0.05, 0) is 56.4 Å². The molecule has 0 aromatic heterocycles. The van der Waals surface area contributed by atoms with Crippen LogP contribution in [0.3, 0.4) is 0 Å². The van der Waals surface area contributed by atoms with Gasteiger partial charge in [-0.25, -0.2) is 0 Å². The molecule has 2 rings (SSSR count). The Morgan fingerprint density at radius 1 is 1.25 bits per heavy atom. The lowest BCUT2D eigenvalue weighted by Crippen LogP contribution is -2.33. The summed E-state index contributed by atoms with van der Waals surface area (Å²) < 4.78 is 0. The first kappa shape index (κ1) is 8.52. The molecule has 0 radical (unpaired) electrons. The summed E-state index contributed by atoms with van der Waals surface area (Å²) in [6.07, 6.45) is 4.12. The van der Waals surface area contributed by atoms with Crippen molar-refractivity contribution in [3.63, 3.8) is 0 Å². The van der Waals surface area contributed by atoms with E-state index in [1.807, 2.05) is 0 Å². The van der Waals surface area contributed by atoms with Gasteiger partial charge in [-0.1, -0.05) is 0 Å². The van der Waals surface area contributed by atoms with E-state index in [9.17, 15) is 0 Å². The van der Waals surface area contributed by atoms with Crippen LogP contribution in [0.25, 0.3) is 0 Å². The number of hydrogen-bond acceptors (Lipinski definition) is 2. The Bertz CT molecular complexity index is 167. The number of rotatable bonds is 2. The van der Waals surface area contributed by atoms with E-state index in [2.05, 4.69) is 6.92 Å². The van der Waals surface area contributed by atoms with Crippen LogP contribution < -0.4 is 11.5 Å². The third kappa shape index (κ3) is 1.17. The van der Waals surface area contributed by atoms with Crippen LogP contribution in [0.2, 0.25) is 0 Å². The Balaban J connectivity index is 1.98. The Labute approximate surface area is 74.7 Å². The Kier molecular flexibility index (Phi) is 2.13. The SMILES string of the molecule is CC(N)C1CC2CC1CC2CN. The van der Waals surface area contributed by atoms with Crippen LogP contribution in [0, 0.1) is 23.7 Å². The Hall–Kier alpha value is -0.0800. The van der Waals surface area contributed by atoms with Gasteiger partial charge >= 0.3 is 0 Å². The van der Waals surface area contributed by atoms with Gasteiger partial charge < -0.3 is 11.5 Å². The highest BCUT2D eigenvalue weighted by molar-refractivity contribution is 4.97. The molecule has 0 aromatic carbocycles. The van der Waals surface area contributed by atoms with Crippen molar-refractivity contribution >= 4 is 0 Å². The zero-order valence-corrected chi connectivity index (χ0v) is 7.87. The topological polar surface area (TPSA) is 52.0 Å². The highest BCUT2D eigenvalue weighted by atomic mass is 14.7. The molecule has 2 aliphatic rings. The molecule has 0 aliphatic heterocycles. The van der Waals surface area contributed by atoms with Crippen molar-refractivity contribution in [1.82, 2.24) is 0 Å². The van der Waals surface area contributed by atoms with E-state index in [4.69, 9.17) is 11.5 Å². The molecule has 0 saturated heterocycles. The first-order chi connectivity index (χ1) is 5.72. The van der Waals surface area contributed by atoms with E-state index < -0.39 is 0 Å². The minimum atomic E-state index is 0.402. The molecule has 2 nitrogen and oxygen atoms in total. The average molecular weight is 168 g/mol. The van der Waals surface area contributed by atoms with Gasteiger partial charge in [-0.2, -0.15) is 0 Å². The first-order valence-electron chi connectivity index (χ1n) is 5.18. The van der Waals surface area contributed by atoms with Crippen molar-refractivity contribution in [1.29, 1.82) is 0 Å². The summed E-state index contributed by atoms with van der Waals surface area (Å²) in [7, 11) is 0. The highest BCUT2D eigenvalue weighted by Gasteiger charge is 2.45. The van der Waals surface area contributed by atoms with Crippen LogP contribution in [-0.2, 0) is 0 Å². The molecule has 2 heteroatoms. The average Bonchev–Trinajstić information content (AvgIpc) is 2.60. The molecule has 0 amide bonds. The van der Waals surface area contributed by atoms with Crippen molar-refractivity contribution in [2.75, 3.05) is 6.54 Å². The second-order valence-corrected chi connectivity index (χ2v) is 4.75. The fraction of sp³-hybridized carbons (Fsp3) is 1.00. The highest BCUT2D eigenvalue weighted by Crippen LogP contribution is 2.52. The van der Waals surface area contributed by atoms with Crippen molar-refractivity contribution in [3.05, 3.63) is 0 Å². The molecule has 2 fully saturated rings. The third-order valence-electron chi connectivity index (χ3n) is 4.04. The fourth-order valence-electron chi connectivity index (χ4n) is 3.37. The van der Waals surface area contributed by atoms with Crippen molar-refractivity contribution < 1.29 is 0 Å². The summed E-state index contributed by atoms with van der Waals surface area (Å²) in [5.41, 5.74) is 11.7. The van der Waals surface area contributed by atoms with Gasteiger partial charge in [0.2, 0.25) is 0 Å². The Morgan fingerprint density at radius 2 is 2.00 bits per heavy atom. The maximum absolute atomic E-state index is 5.94. The second kappa shape index (κ2) is 3.00. The molecule has 0 spiro atoms. The summed E-state index contributed by atoms with van der Waals surface area (Å²) in [4.78, 5) is 0. The maximum Gasteiger partial charge on any atom is 0.00415 e. The molecular formula is C10H20N2. The number of hydrogen-bond donors (Lipinski definition) is 2. The van der Waals surface area contributed by atoms with E-state index in [1.165, 1.54) is 19.3 Å². The van der Waals surface area contributed by atoms with Gasteiger partial charge in [-0.3, -0.25) is 0 Å². The summed E-state index contributed by atoms with van der Waals surface area (Å²) in [6, 6.07) is 0.402. The lowest BCUT2D eigenvalue weighted by atomic mass is 9.79. The van der Waals surface area contributed by atoms with Gasteiger partial charge in [0.25, 0.3) is 0 Å². The summed E-state index contributed by atoms with van der Waals surface area (Å²) in [5, 5.41) is 0. The van der Waals surface area contributed by atoms with E-state index >= 15 is 0 Å². The van der Waals surface area contributed by atoms with Crippen molar-refractivity contribution in [2.24, 2.45) is 35.1 Å². The minimum absolute atomic E-state index is 0.402. The molecule has 5 unspecified atom stereocenters. The monoisotopic (exact) mass is 168 g/mol. The number of nitrogens with two attached hydrogens (primary N) is 2. The lowest BCUT2D eigenvalue weighted by molar-refractivity contribution is 0.237. The molecule has 4 N–H and O–H groups in total. The fourth-order valence-corrected chi connectivity index (χ4v) is 3.37. The van der Waals surface area contributed by atoms with E-state index in [-0.39, 0.29) is 0 Å². The standard InChI is InChI=1S/C10H20N2/c1-6(12)10-4-7-2-8(10)3-9(7)5-11/h6-10H,2-5,11-12H2,1H3. The summed E-state index contributed by atoms with van der Waals surface area (Å²) >= 11 is 0. The summed E-state index contributed by atoms with van der Waals surface area (Å²) in [5.74, 6) is 3.45. The zero-order valence-electron chi connectivity index (χ0n) is 7.87. The van der Waals surface area contributed by atoms with Gasteiger partial charge in [0, 0.05) is 6.04 Å². The Morgan fingerprint density at radius 3 is 2.42 bits per heavy atom. The van der Waals surface area contributed by atoms with Gasteiger partial charge in [-0.15, -0.1) is 0 Å². The predicted octanol–water partition coefficient (Wildman–Crippen LogP) is 0.955. The molecule has 70 valence electrons. The molecule has 2 bridgehead atoms. The van der Waals surface area contributed by atoms with Crippen LogP contribution >= 0.6 is 0 Å². The van der Waals surface area contributed by atoms with Crippen LogP contribution in [-0.4, -0.2) is 12.6 Å². The normalized spacial score (nSPS) is 48.2. The van der Waals surface area contributed by atoms with Gasteiger partial charge in [0.1, 0.15) is 0 Å².